The molecule has 1 fully saturated rings. The lowest BCUT2D eigenvalue weighted by atomic mass is 10.1. The normalized spacial score (nSPS) is 15.5. The third-order valence-corrected chi connectivity index (χ3v) is 5.73. The summed E-state index contributed by atoms with van der Waals surface area (Å²) in [5.41, 5.74) is 2.30. The average molecular weight is 512 g/mol. The van der Waals surface area contributed by atoms with E-state index in [2.05, 4.69) is 55.0 Å². The van der Waals surface area contributed by atoms with E-state index in [-0.39, 0.29) is 6.54 Å². The summed E-state index contributed by atoms with van der Waals surface area (Å²) in [4.78, 5) is 15.2. The van der Waals surface area contributed by atoms with Crippen LogP contribution in [0.4, 0.5) is 0 Å². The number of halogens is 2. The lowest BCUT2D eigenvalue weighted by Gasteiger charge is -2.33. The Hall–Kier alpha value is -1.41. The maximum Gasteiger partial charge on any atom is 0.317 e. The van der Waals surface area contributed by atoms with Gasteiger partial charge in [-0.1, -0.05) is 50.1 Å². The minimum Gasteiger partial charge on any atom is -0.489 e. The number of carboxylic acid groups (broad SMARTS) is 1. The van der Waals surface area contributed by atoms with Gasteiger partial charge in [-0.05, 0) is 41.8 Å². The van der Waals surface area contributed by atoms with E-state index in [4.69, 9.17) is 9.84 Å². The molecule has 0 spiro atoms. The van der Waals surface area contributed by atoms with Crippen LogP contribution >= 0.6 is 31.9 Å². The van der Waals surface area contributed by atoms with Crippen molar-refractivity contribution in [3.63, 3.8) is 0 Å². The lowest BCUT2D eigenvalue weighted by Crippen LogP contribution is -2.48. The van der Waals surface area contributed by atoms with Gasteiger partial charge in [0.15, 0.2) is 0 Å². The first-order valence-electron chi connectivity index (χ1n) is 9.32. The first-order chi connectivity index (χ1) is 13.5. The van der Waals surface area contributed by atoms with Gasteiger partial charge in [-0.3, -0.25) is 9.69 Å². The van der Waals surface area contributed by atoms with Gasteiger partial charge in [-0.2, -0.15) is 0 Å². The largest absolute Gasteiger partial charge is 0.489 e. The number of piperazine rings is 1. The number of hydrogen-bond acceptors (Lipinski definition) is 4. The van der Waals surface area contributed by atoms with Crippen LogP contribution in [-0.2, 0) is 17.8 Å². The van der Waals surface area contributed by atoms with Crippen LogP contribution in [0.5, 0.6) is 5.75 Å². The Kier molecular flexibility index (Phi) is 7.91. The summed E-state index contributed by atoms with van der Waals surface area (Å²) >= 11 is 7.03. The molecule has 0 aromatic heterocycles. The number of ether oxygens (including phenoxy) is 1. The van der Waals surface area contributed by atoms with Gasteiger partial charge in [-0.25, -0.2) is 0 Å². The van der Waals surface area contributed by atoms with Gasteiger partial charge < -0.3 is 14.7 Å². The minimum absolute atomic E-state index is 0.135. The molecular weight excluding hydrogens is 488 g/mol. The van der Waals surface area contributed by atoms with Crippen molar-refractivity contribution in [2.45, 2.75) is 13.0 Å². The van der Waals surface area contributed by atoms with E-state index >= 15 is 0 Å². The van der Waals surface area contributed by atoms with E-state index < -0.39 is 5.97 Å². The summed E-state index contributed by atoms with van der Waals surface area (Å²) in [6, 6.07) is 14.3. The Labute approximate surface area is 182 Å². The van der Waals surface area contributed by atoms with Gasteiger partial charge in [-0.15, -0.1) is 0 Å². The number of carboxylic acids is 1. The number of carbonyl (C=O) groups is 1. The molecule has 1 saturated heterocycles. The zero-order valence-corrected chi connectivity index (χ0v) is 18.8. The van der Waals surface area contributed by atoms with Crippen LogP contribution < -0.4 is 4.74 Å². The molecule has 1 aliphatic heterocycles. The molecule has 2 aromatic carbocycles. The van der Waals surface area contributed by atoms with Gasteiger partial charge in [0.2, 0.25) is 0 Å². The molecule has 0 atom stereocenters. The molecule has 1 N–H and O–H groups in total. The molecule has 0 bridgehead atoms. The molecule has 28 heavy (non-hydrogen) atoms. The molecule has 2 aromatic rings. The Morgan fingerprint density at radius 1 is 1.00 bits per heavy atom. The van der Waals surface area contributed by atoms with Crippen LogP contribution in [0.25, 0.3) is 0 Å². The smallest absolute Gasteiger partial charge is 0.317 e. The van der Waals surface area contributed by atoms with Gasteiger partial charge in [0.1, 0.15) is 12.4 Å². The molecule has 0 radical (unpaired) electrons. The number of rotatable bonds is 8. The fourth-order valence-electron chi connectivity index (χ4n) is 3.35. The van der Waals surface area contributed by atoms with Crippen LogP contribution in [-0.4, -0.2) is 60.1 Å². The highest BCUT2D eigenvalue weighted by atomic mass is 79.9. The molecule has 3 rings (SSSR count). The third-order valence-electron chi connectivity index (χ3n) is 4.81. The maximum atomic E-state index is 10.8. The molecular formula is C21H24Br2N2O3. The molecule has 0 unspecified atom stereocenters. The van der Waals surface area contributed by atoms with E-state index in [1.807, 2.05) is 29.2 Å². The van der Waals surface area contributed by atoms with E-state index in [0.717, 1.165) is 59.4 Å². The average Bonchev–Trinajstić information content (AvgIpc) is 2.65. The van der Waals surface area contributed by atoms with E-state index in [1.165, 1.54) is 5.56 Å². The molecule has 1 heterocycles. The van der Waals surface area contributed by atoms with Crippen LogP contribution in [0.15, 0.2) is 51.4 Å². The fraction of sp³-hybridized carbons (Fsp3) is 0.381. The van der Waals surface area contributed by atoms with Gasteiger partial charge in [0, 0.05) is 41.7 Å². The maximum absolute atomic E-state index is 10.8. The van der Waals surface area contributed by atoms with Crippen LogP contribution in [0.1, 0.15) is 11.1 Å². The molecule has 0 amide bonds. The van der Waals surface area contributed by atoms with Crippen molar-refractivity contribution in [3.8, 4) is 5.75 Å². The summed E-state index contributed by atoms with van der Waals surface area (Å²) in [7, 11) is 0. The summed E-state index contributed by atoms with van der Waals surface area (Å²) < 4.78 is 8.15. The summed E-state index contributed by atoms with van der Waals surface area (Å²) in [5, 5.41) is 8.90. The standard InChI is InChI=1S/C21H24Br2N2O3/c22-18-11-16(12-19(23)13-18)15-28-20-4-2-1-3-17(20)5-6-24-7-9-25(10-8-24)14-21(26)27/h1-4,11-13H,5-10,14-15H2,(H,26,27). The zero-order chi connectivity index (χ0) is 19.9. The van der Waals surface area contributed by atoms with Crippen molar-refractivity contribution in [1.82, 2.24) is 9.80 Å². The summed E-state index contributed by atoms with van der Waals surface area (Å²) in [6.07, 6.45) is 0.914. The molecule has 5 nitrogen and oxygen atoms in total. The highest BCUT2D eigenvalue weighted by Gasteiger charge is 2.18. The van der Waals surface area contributed by atoms with E-state index in [9.17, 15) is 4.79 Å². The topological polar surface area (TPSA) is 53.0 Å². The quantitative estimate of drug-likeness (QED) is 0.579. The predicted octanol–water partition coefficient (Wildman–Crippen LogP) is 4.04. The van der Waals surface area contributed by atoms with Crippen LogP contribution in [0, 0.1) is 0 Å². The van der Waals surface area contributed by atoms with Gasteiger partial charge >= 0.3 is 5.97 Å². The Morgan fingerprint density at radius 2 is 1.64 bits per heavy atom. The molecule has 150 valence electrons. The van der Waals surface area contributed by atoms with Crippen molar-refractivity contribution in [2.24, 2.45) is 0 Å². The monoisotopic (exact) mass is 510 g/mol. The molecule has 7 heteroatoms. The minimum atomic E-state index is -0.753. The lowest BCUT2D eigenvalue weighted by molar-refractivity contribution is -0.138. The van der Waals surface area contributed by atoms with Crippen molar-refractivity contribution < 1.29 is 14.6 Å². The van der Waals surface area contributed by atoms with Crippen LogP contribution in [0.3, 0.4) is 0 Å². The Balaban J connectivity index is 1.52. The number of benzene rings is 2. The summed E-state index contributed by atoms with van der Waals surface area (Å²) in [5.74, 6) is 0.167. The van der Waals surface area contributed by atoms with Gasteiger partial charge in [0.25, 0.3) is 0 Å². The number of aliphatic carboxylic acids is 1. The SMILES string of the molecule is O=C(O)CN1CCN(CCc2ccccc2OCc2cc(Br)cc(Br)c2)CC1. The second-order valence-corrected chi connectivity index (χ2v) is 8.77. The highest BCUT2D eigenvalue weighted by Crippen LogP contribution is 2.24. The second kappa shape index (κ2) is 10.4. The fourth-order valence-corrected chi connectivity index (χ4v) is 4.74. The van der Waals surface area contributed by atoms with Crippen LogP contribution in [0.2, 0.25) is 0 Å². The summed E-state index contributed by atoms with van der Waals surface area (Å²) in [6.45, 7) is 5.03. The van der Waals surface area contributed by atoms with Gasteiger partial charge in [0.05, 0.1) is 6.54 Å². The van der Waals surface area contributed by atoms with Crippen molar-refractivity contribution in [2.75, 3.05) is 39.3 Å². The Bertz CT molecular complexity index is 788. The molecule has 0 saturated carbocycles. The Morgan fingerprint density at radius 3 is 2.32 bits per heavy atom. The van der Waals surface area contributed by atoms with Crippen molar-refractivity contribution in [1.29, 1.82) is 0 Å². The third kappa shape index (κ3) is 6.58. The van der Waals surface area contributed by atoms with Crippen molar-refractivity contribution >= 4 is 37.8 Å². The first kappa shape index (κ1) is 21.3. The van der Waals surface area contributed by atoms with Crippen molar-refractivity contribution in [3.05, 3.63) is 62.5 Å². The first-order valence-corrected chi connectivity index (χ1v) is 10.9. The zero-order valence-electron chi connectivity index (χ0n) is 15.6. The molecule has 1 aliphatic rings. The van der Waals surface area contributed by atoms with E-state index in [0.29, 0.717) is 6.61 Å². The highest BCUT2D eigenvalue weighted by molar-refractivity contribution is 9.11. The molecule has 0 aliphatic carbocycles. The van der Waals surface area contributed by atoms with E-state index in [1.54, 1.807) is 0 Å². The number of hydrogen-bond donors (Lipinski definition) is 1. The predicted molar refractivity (Wildman–Crippen MR) is 117 cm³/mol. The number of para-hydroxylation sites is 1. The number of nitrogens with zero attached hydrogens (tertiary/aromatic N) is 2. The second-order valence-electron chi connectivity index (χ2n) is 6.94.